The molecular formula is C31H34N2O4. The molecule has 0 spiro atoms. The molecule has 0 atom stereocenters. The van der Waals surface area contributed by atoms with Crippen molar-refractivity contribution in [3.05, 3.63) is 90.0 Å². The van der Waals surface area contributed by atoms with Crippen LogP contribution in [-0.4, -0.2) is 42.3 Å². The molecule has 6 nitrogen and oxygen atoms in total. The third-order valence-electron chi connectivity index (χ3n) is 6.92. The molecule has 0 heterocycles. The number of nitrogens with zero attached hydrogens (tertiary/aromatic N) is 2. The number of benzene rings is 3. The van der Waals surface area contributed by atoms with Gasteiger partial charge in [-0.25, -0.2) is 4.79 Å². The summed E-state index contributed by atoms with van der Waals surface area (Å²) in [4.78, 5) is 28.5. The zero-order valence-electron chi connectivity index (χ0n) is 21.4. The number of amides is 1. The smallest absolute Gasteiger partial charge is 0.328 e. The lowest BCUT2D eigenvalue weighted by molar-refractivity contribution is -0.131. The minimum Gasteiger partial charge on any atom is -0.478 e. The number of aliphatic hydroxyl groups excluding tert-OH is 1. The van der Waals surface area contributed by atoms with Gasteiger partial charge < -0.3 is 20.0 Å². The van der Waals surface area contributed by atoms with Crippen LogP contribution >= 0.6 is 0 Å². The summed E-state index contributed by atoms with van der Waals surface area (Å²) in [7, 11) is 4.04. The minimum absolute atomic E-state index is 0.0367. The molecule has 0 radical (unpaired) electrons. The molecule has 3 aromatic carbocycles. The molecular weight excluding hydrogens is 464 g/mol. The van der Waals surface area contributed by atoms with Crippen LogP contribution in [0.1, 0.15) is 36.8 Å². The monoisotopic (exact) mass is 498 g/mol. The van der Waals surface area contributed by atoms with Gasteiger partial charge in [0, 0.05) is 37.5 Å². The molecule has 2 N–H and O–H groups in total. The highest BCUT2D eigenvalue weighted by Crippen LogP contribution is 2.30. The maximum atomic E-state index is 13.7. The van der Waals surface area contributed by atoms with E-state index in [0.29, 0.717) is 37.8 Å². The number of anilines is 2. The Kier molecular flexibility index (Phi) is 8.41. The number of hydrogen-bond donors (Lipinski definition) is 2. The summed E-state index contributed by atoms with van der Waals surface area (Å²) in [5, 5.41) is 18.9. The van der Waals surface area contributed by atoms with Crippen molar-refractivity contribution in [2.75, 3.05) is 23.9 Å². The number of carboxylic acids is 1. The molecule has 1 aliphatic carbocycles. The van der Waals surface area contributed by atoms with Gasteiger partial charge in [-0.3, -0.25) is 4.79 Å². The number of rotatable bonds is 8. The fourth-order valence-corrected chi connectivity index (χ4v) is 4.74. The van der Waals surface area contributed by atoms with E-state index < -0.39 is 5.97 Å². The first-order chi connectivity index (χ1) is 17.8. The number of aliphatic carboxylic acids is 1. The fourth-order valence-electron chi connectivity index (χ4n) is 4.74. The van der Waals surface area contributed by atoms with E-state index in [-0.39, 0.29) is 17.9 Å². The van der Waals surface area contributed by atoms with Crippen molar-refractivity contribution in [3.63, 3.8) is 0 Å². The summed E-state index contributed by atoms with van der Waals surface area (Å²) in [6, 6.07) is 24.0. The zero-order valence-corrected chi connectivity index (χ0v) is 21.4. The molecule has 6 heteroatoms. The largest absolute Gasteiger partial charge is 0.478 e. The molecule has 1 aliphatic rings. The van der Waals surface area contributed by atoms with Gasteiger partial charge >= 0.3 is 5.97 Å². The summed E-state index contributed by atoms with van der Waals surface area (Å²) in [6.07, 6.45) is 4.88. The van der Waals surface area contributed by atoms with Crippen molar-refractivity contribution in [3.8, 4) is 11.1 Å². The Labute approximate surface area is 218 Å². The highest BCUT2D eigenvalue weighted by molar-refractivity contribution is 5.95. The van der Waals surface area contributed by atoms with Crippen LogP contribution in [0.15, 0.2) is 78.9 Å². The van der Waals surface area contributed by atoms with Gasteiger partial charge in [0.05, 0.1) is 12.6 Å². The maximum absolute atomic E-state index is 13.7. The predicted molar refractivity (Wildman–Crippen MR) is 148 cm³/mol. The van der Waals surface area contributed by atoms with Crippen LogP contribution in [0.5, 0.6) is 0 Å². The summed E-state index contributed by atoms with van der Waals surface area (Å²) in [6.45, 7) is 0.407. The lowest BCUT2D eigenvalue weighted by Gasteiger charge is -2.31. The summed E-state index contributed by atoms with van der Waals surface area (Å²) >= 11 is 0. The van der Waals surface area contributed by atoms with E-state index in [1.54, 1.807) is 4.90 Å². The zero-order chi connectivity index (χ0) is 26.4. The van der Waals surface area contributed by atoms with E-state index in [4.69, 9.17) is 5.11 Å². The van der Waals surface area contributed by atoms with Crippen LogP contribution in [0.3, 0.4) is 0 Å². The molecule has 37 heavy (non-hydrogen) atoms. The molecule has 0 bridgehead atoms. The van der Waals surface area contributed by atoms with Gasteiger partial charge in [0.1, 0.15) is 0 Å². The third-order valence-corrected chi connectivity index (χ3v) is 6.92. The molecule has 0 saturated heterocycles. The van der Waals surface area contributed by atoms with E-state index in [9.17, 15) is 14.7 Å². The molecule has 0 aromatic heterocycles. The van der Waals surface area contributed by atoms with Crippen molar-refractivity contribution in [2.24, 2.45) is 5.92 Å². The number of aliphatic hydroxyl groups is 1. The number of hydrogen-bond acceptors (Lipinski definition) is 4. The maximum Gasteiger partial charge on any atom is 0.328 e. The van der Waals surface area contributed by atoms with E-state index >= 15 is 0 Å². The molecule has 0 unspecified atom stereocenters. The third kappa shape index (κ3) is 6.86. The van der Waals surface area contributed by atoms with Crippen molar-refractivity contribution in [2.45, 2.75) is 38.3 Å². The fraction of sp³-hybridized carbons (Fsp3) is 0.290. The van der Waals surface area contributed by atoms with Crippen molar-refractivity contribution in [1.82, 2.24) is 0 Å². The van der Waals surface area contributed by atoms with Crippen molar-refractivity contribution in [1.29, 1.82) is 0 Å². The first-order valence-electron chi connectivity index (χ1n) is 12.7. The Hall–Kier alpha value is -3.90. The quantitative estimate of drug-likeness (QED) is 0.395. The predicted octanol–water partition coefficient (Wildman–Crippen LogP) is 5.60. The first kappa shape index (κ1) is 26.2. The normalized spacial score (nSPS) is 17.5. The van der Waals surface area contributed by atoms with Crippen LogP contribution in [0.4, 0.5) is 11.4 Å². The van der Waals surface area contributed by atoms with Crippen LogP contribution in [-0.2, 0) is 16.1 Å². The van der Waals surface area contributed by atoms with Gasteiger partial charge in [-0.15, -0.1) is 0 Å². The highest BCUT2D eigenvalue weighted by atomic mass is 16.4. The van der Waals surface area contributed by atoms with E-state index in [1.807, 2.05) is 50.5 Å². The molecule has 3 aromatic rings. The molecule has 1 amide bonds. The summed E-state index contributed by atoms with van der Waals surface area (Å²) in [5.74, 6) is -1.12. The standard InChI is InChI=1S/C31H34N2O4/c1-32(2)27-15-11-25(12-16-27)24-9-6-23(7-10-24)21-33(31(37)26-13-17-29(34)18-14-26)28-5-3-4-22(20-28)8-19-30(35)36/h3-12,15-16,19-20,26,29,34H,13-14,17-18,21H2,1-2H3,(H,35,36). The average Bonchev–Trinajstić information content (AvgIpc) is 2.91. The molecule has 1 fully saturated rings. The van der Waals surface area contributed by atoms with Crippen LogP contribution < -0.4 is 9.80 Å². The molecule has 0 aliphatic heterocycles. The summed E-state index contributed by atoms with van der Waals surface area (Å²) in [5.41, 5.74) is 5.83. The second-order valence-electron chi connectivity index (χ2n) is 9.83. The first-order valence-corrected chi connectivity index (χ1v) is 12.7. The Morgan fingerprint density at radius 3 is 2.08 bits per heavy atom. The Morgan fingerprint density at radius 2 is 1.49 bits per heavy atom. The van der Waals surface area contributed by atoms with E-state index in [1.165, 1.54) is 6.08 Å². The summed E-state index contributed by atoms with van der Waals surface area (Å²) < 4.78 is 0. The number of carbonyl (C=O) groups is 2. The number of carbonyl (C=O) groups excluding carboxylic acids is 1. The lowest BCUT2D eigenvalue weighted by Crippen LogP contribution is -2.38. The van der Waals surface area contributed by atoms with Gasteiger partial charge in [-0.2, -0.15) is 0 Å². The number of carboxylic acid groups (broad SMARTS) is 1. The Balaban J connectivity index is 1.59. The second-order valence-corrected chi connectivity index (χ2v) is 9.83. The molecule has 192 valence electrons. The van der Waals surface area contributed by atoms with Crippen molar-refractivity contribution >= 4 is 29.3 Å². The SMILES string of the molecule is CN(C)c1ccc(-c2ccc(CN(C(=O)C3CCC(O)CC3)c3cccc(C=CC(=O)O)c3)cc2)cc1. The van der Waals surface area contributed by atoms with E-state index in [0.717, 1.165) is 34.1 Å². The van der Waals surface area contributed by atoms with Crippen LogP contribution in [0.2, 0.25) is 0 Å². The topological polar surface area (TPSA) is 81.1 Å². The highest BCUT2D eigenvalue weighted by Gasteiger charge is 2.29. The van der Waals surface area contributed by atoms with Gasteiger partial charge in [0.2, 0.25) is 5.91 Å². The van der Waals surface area contributed by atoms with Gasteiger partial charge in [0.15, 0.2) is 0 Å². The van der Waals surface area contributed by atoms with Gasteiger partial charge in [-0.05, 0) is 78.3 Å². The Morgan fingerprint density at radius 1 is 0.865 bits per heavy atom. The second kappa shape index (κ2) is 11.9. The Bertz CT molecular complexity index is 1240. The van der Waals surface area contributed by atoms with Gasteiger partial charge in [-0.1, -0.05) is 48.5 Å². The minimum atomic E-state index is -1.02. The average molecular weight is 499 g/mol. The van der Waals surface area contributed by atoms with Gasteiger partial charge in [0.25, 0.3) is 0 Å². The van der Waals surface area contributed by atoms with E-state index in [2.05, 4.69) is 41.3 Å². The lowest BCUT2D eigenvalue weighted by atomic mass is 9.86. The van der Waals surface area contributed by atoms with Crippen molar-refractivity contribution < 1.29 is 19.8 Å². The van der Waals surface area contributed by atoms with Crippen LogP contribution in [0, 0.1) is 5.92 Å². The van der Waals surface area contributed by atoms with Crippen LogP contribution in [0.25, 0.3) is 17.2 Å². The molecule has 4 rings (SSSR count). The molecule has 1 saturated carbocycles.